The summed E-state index contributed by atoms with van der Waals surface area (Å²) in [5, 5.41) is 12.8. The van der Waals surface area contributed by atoms with E-state index in [9.17, 15) is 8.42 Å². The van der Waals surface area contributed by atoms with Crippen LogP contribution >= 0.6 is 0 Å². The SMILES string of the molecule is Cn1nccc1S(=O)(=O)Nc1cccc(CCCO)c1. The molecule has 0 bridgehead atoms. The Bertz CT molecular complexity index is 680. The van der Waals surface area contributed by atoms with Crippen molar-refractivity contribution in [2.24, 2.45) is 7.05 Å². The first kappa shape index (κ1) is 14.5. The van der Waals surface area contributed by atoms with E-state index in [1.807, 2.05) is 6.07 Å². The van der Waals surface area contributed by atoms with E-state index in [0.717, 1.165) is 5.56 Å². The minimum atomic E-state index is -3.64. The number of rotatable bonds is 6. The Morgan fingerprint density at radius 3 is 2.80 bits per heavy atom. The molecule has 0 atom stereocenters. The van der Waals surface area contributed by atoms with Crippen molar-refractivity contribution < 1.29 is 13.5 Å². The first-order valence-electron chi connectivity index (χ1n) is 6.23. The number of benzene rings is 1. The number of sulfonamides is 1. The molecule has 20 heavy (non-hydrogen) atoms. The number of anilines is 1. The molecule has 2 aromatic rings. The fourth-order valence-corrected chi connectivity index (χ4v) is 3.08. The molecule has 0 spiro atoms. The second-order valence-electron chi connectivity index (χ2n) is 4.43. The number of nitrogens with one attached hydrogen (secondary N) is 1. The van der Waals surface area contributed by atoms with Crippen molar-refractivity contribution in [1.29, 1.82) is 0 Å². The van der Waals surface area contributed by atoms with Gasteiger partial charge in [0.05, 0.1) is 6.20 Å². The largest absolute Gasteiger partial charge is 0.396 e. The lowest BCUT2D eigenvalue weighted by Crippen LogP contribution is -2.16. The zero-order valence-corrected chi connectivity index (χ0v) is 12.0. The summed E-state index contributed by atoms with van der Waals surface area (Å²) < 4.78 is 28.2. The van der Waals surface area contributed by atoms with Gasteiger partial charge in [-0.1, -0.05) is 12.1 Å². The van der Waals surface area contributed by atoms with Crippen LogP contribution in [0.25, 0.3) is 0 Å². The highest BCUT2D eigenvalue weighted by Gasteiger charge is 2.17. The number of aromatic nitrogens is 2. The van der Waals surface area contributed by atoms with Gasteiger partial charge in [0.1, 0.15) is 0 Å². The van der Waals surface area contributed by atoms with Crippen LogP contribution in [0.3, 0.4) is 0 Å². The van der Waals surface area contributed by atoms with Gasteiger partial charge >= 0.3 is 0 Å². The fraction of sp³-hybridized carbons (Fsp3) is 0.308. The van der Waals surface area contributed by atoms with Crippen LogP contribution in [0.2, 0.25) is 0 Å². The molecule has 2 N–H and O–H groups in total. The minimum absolute atomic E-state index is 0.110. The number of hydrogen-bond acceptors (Lipinski definition) is 4. The summed E-state index contributed by atoms with van der Waals surface area (Å²) in [6.07, 6.45) is 2.79. The summed E-state index contributed by atoms with van der Waals surface area (Å²) in [5.41, 5.74) is 1.48. The summed E-state index contributed by atoms with van der Waals surface area (Å²) in [5.74, 6) is 0. The van der Waals surface area contributed by atoms with Crippen molar-refractivity contribution in [3.63, 3.8) is 0 Å². The Kier molecular flexibility index (Phi) is 4.41. The third-order valence-corrected chi connectivity index (χ3v) is 4.31. The van der Waals surface area contributed by atoms with E-state index in [-0.39, 0.29) is 11.6 Å². The van der Waals surface area contributed by atoms with Crippen LogP contribution < -0.4 is 4.72 Å². The van der Waals surface area contributed by atoms with Gasteiger partial charge in [-0.15, -0.1) is 0 Å². The predicted octanol–water partition coefficient (Wildman–Crippen LogP) is 1.15. The minimum Gasteiger partial charge on any atom is -0.396 e. The van der Waals surface area contributed by atoms with E-state index in [4.69, 9.17) is 5.11 Å². The summed E-state index contributed by atoms with van der Waals surface area (Å²) in [4.78, 5) is 0. The molecule has 0 saturated carbocycles. The van der Waals surface area contributed by atoms with Crippen molar-refractivity contribution in [2.45, 2.75) is 17.9 Å². The van der Waals surface area contributed by atoms with Crippen LogP contribution in [-0.4, -0.2) is 29.9 Å². The number of aryl methyl sites for hydroxylation is 2. The Hall–Kier alpha value is -1.86. The zero-order valence-electron chi connectivity index (χ0n) is 11.2. The molecular formula is C13H17N3O3S. The maximum absolute atomic E-state index is 12.2. The molecule has 1 aromatic carbocycles. The quantitative estimate of drug-likeness (QED) is 0.837. The van der Waals surface area contributed by atoms with Gasteiger partial charge in [0.15, 0.2) is 5.03 Å². The topological polar surface area (TPSA) is 84.2 Å². The second-order valence-corrected chi connectivity index (χ2v) is 6.06. The molecule has 7 heteroatoms. The Balaban J connectivity index is 2.19. The highest BCUT2D eigenvalue weighted by molar-refractivity contribution is 7.92. The Labute approximate surface area is 118 Å². The standard InChI is InChI=1S/C13H17N3O3S/c1-16-13(7-8-14-16)20(18,19)15-12-6-2-4-11(10-12)5-3-9-17/h2,4,6-8,10,15,17H,3,5,9H2,1H3. The molecule has 0 fully saturated rings. The van der Waals surface area contributed by atoms with Gasteiger partial charge in [-0.05, 0) is 36.6 Å². The molecule has 6 nitrogen and oxygen atoms in total. The van der Waals surface area contributed by atoms with E-state index >= 15 is 0 Å². The van der Waals surface area contributed by atoms with Crippen LogP contribution in [-0.2, 0) is 23.5 Å². The summed E-state index contributed by atoms with van der Waals surface area (Å²) in [6, 6.07) is 8.59. The summed E-state index contributed by atoms with van der Waals surface area (Å²) in [6.45, 7) is 0.116. The van der Waals surface area contributed by atoms with Crippen molar-refractivity contribution in [1.82, 2.24) is 9.78 Å². The van der Waals surface area contributed by atoms with Crippen molar-refractivity contribution in [2.75, 3.05) is 11.3 Å². The van der Waals surface area contributed by atoms with Gasteiger partial charge in [0.2, 0.25) is 0 Å². The molecule has 108 valence electrons. The number of aliphatic hydroxyl groups is 1. The molecule has 0 saturated heterocycles. The number of aliphatic hydroxyl groups excluding tert-OH is 1. The first-order chi connectivity index (χ1) is 9.53. The highest BCUT2D eigenvalue weighted by atomic mass is 32.2. The molecule has 0 aliphatic carbocycles. The van der Waals surface area contributed by atoms with Crippen LogP contribution in [0.15, 0.2) is 41.6 Å². The number of nitrogens with zero attached hydrogens (tertiary/aromatic N) is 2. The molecule has 0 unspecified atom stereocenters. The number of hydrogen-bond donors (Lipinski definition) is 2. The van der Waals surface area contributed by atoms with Crippen LogP contribution in [0.5, 0.6) is 0 Å². The monoisotopic (exact) mass is 295 g/mol. The smallest absolute Gasteiger partial charge is 0.279 e. The predicted molar refractivity (Wildman–Crippen MR) is 75.9 cm³/mol. The van der Waals surface area contributed by atoms with Crippen LogP contribution in [0.4, 0.5) is 5.69 Å². The van der Waals surface area contributed by atoms with Gasteiger partial charge in [0.25, 0.3) is 10.0 Å². The average Bonchev–Trinajstić information content (AvgIpc) is 2.83. The zero-order chi connectivity index (χ0) is 14.6. The van der Waals surface area contributed by atoms with E-state index in [2.05, 4.69) is 9.82 Å². The van der Waals surface area contributed by atoms with Gasteiger partial charge < -0.3 is 5.11 Å². The van der Waals surface area contributed by atoms with Gasteiger partial charge in [-0.3, -0.25) is 9.40 Å². The maximum Gasteiger partial charge on any atom is 0.279 e. The van der Waals surface area contributed by atoms with E-state index in [1.54, 1.807) is 25.2 Å². The van der Waals surface area contributed by atoms with Crippen molar-refractivity contribution >= 4 is 15.7 Å². The second kappa shape index (κ2) is 6.06. The third-order valence-electron chi connectivity index (χ3n) is 2.85. The molecular weight excluding hydrogens is 278 g/mol. The Morgan fingerprint density at radius 2 is 2.15 bits per heavy atom. The maximum atomic E-state index is 12.2. The molecule has 0 aliphatic heterocycles. The average molecular weight is 295 g/mol. The van der Waals surface area contributed by atoms with Crippen LogP contribution in [0, 0.1) is 0 Å². The molecule has 1 aromatic heterocycles. The summed E-state index contributed by atoms with van der Waals surface area (Å²) >= 11 is 0. The lowest BCUT2D eigenvalue weighted by Gasteiger charge is -2.09. The first-order valence-corrected chi connectivity index (χ1v) is 7.72. The fourth-order valence-electron chi connectivity index (χ4n) is 1.91. The Morgan fingerprint density at radius 1 is 1.35 bits per heavy atom. The van der Waals surface area contributed by atoms with E-state index < -0.39 is 10.0 Å². The van der Waals surface area contributed by atoms with Gasteiger partial charge in [-0.2, -0.15) is 13.5 Å². The molecule has 0 aliphatic rings. The van der Waals surface area contributed by atoms with Crippen molar-refractivity contribution in [3.05, 3.63) is 42.1 Å². The van der Waals surface area contributed by atoms with Crippen LogP contribution in [0.1, 0.15) is 12.0 Å². The molecule has 0 amide bonds. The van der Waals surface area contributed by atoms with E-state index in [0.29, 0.717) is 18.5 Å². The molecule has 2 rings (SSSR count). The van der Waals surface area contributed by atoms with E-state index in [1.165, 1.54) is 16.9 Å². The highest BCUT2D eigenvalue weighted by Crippen LogP contribution is 2.17. The van der Waals surface area contributed by atoms with Crippen molar-refractivity contribution in [3.8, 4) is 0 Å². The molecule has 1 heterocycles. The lowest BCUT2D eigenvalue weighted by atomic mass is 10.1. The third kappa shape index (κ3) is 3.37. The van der Waals surface area contributed by atoms with Gasteiger partial charge in [-0.25, -0.2) is 0 Å². The normalized spacial score (nSPS) is 11.5. The van der Waals surface area contributed by atoms with Gasteiger partial charge in [0, 0.05) is 19.3 Å². The lowest BCUT2D eigenvalue weighted by molar-refractivity contribution is 0.288. The molecule has 0 radical (unpaired) electrons. The summed E-state index contributed by atoms with van der Waals surface area (Å²) in [7, 11) is -2.06.